The van der Waals surface area contributed by atoms with Crippen molar-refractivity contribution in [2.45, 2.75) is 6.92 Å². The van der Waals surface area contributed by atoms with E-state index >= 15 is 0 Å². The highest BCUT2D eigenvalue weighted by atomic mass is 35.5. The topological polar surface area (TPSA) is 72.0 Å². The second kappa shape index (κ2) is 7.55. The number of ether oxygens (including phenoxy) is 1. The number of rotatable bonds is 5. The number of methoxy groups -OCH3 is 1. The minimum atomic E-state index is 0.326. The van der Waals surface area contributed by atoms with Crippen LogP contribution in [0.2, 0.25) is 10.0 Å². The molecule has 0 saturated carbocycles. The van der Waals surface area contributed by atoms with E-state index in [1.807, 2.05) is 25.1 Å². The van der Waals surface area contributed by atoms with Gasteiger partial charge in [0, 0.05) is 0 Å². The summed E-state index contributed by atoms with van der Waals surface area (Å²) in [6.45, 7) is 1.99. The van der Waals surface area contributed by atoms with E-state index in [1.165, 1.54) is 6.20 Å². The largest absolute Gasteiger partial charge is 0.495 e. The predicted molar refractivity (Wildman–Crippen MR) is 101 cm³/mol. The molecule has 8 heteroatoms. The lowest BCUT2D eigenvalue weighted by molar-refractivity contribution is 0.416. The Morgan fingerprint density at radius 3 is 2.68 bits per heavy atom. The van der Waals surface area contributed by atoms with E-state index in [4.69, 9.17) is 27.9 Å². The minimum Gasteiger partial charge on any atom is -0.495 e. The summed E-state index contributed by atoms with van der Waals surface area (Å²) in [6.07, 6.45) is 1.50. The molecule has 0 unspecified atom stereocenters. The molecule has 0 spiro atoms. The molecule has 2 aromatic carbocycles. The molecule has 0 amide bonds. The van der Waals surface area contributed by atoms with Gasteiger partial charge in [-0.05, 0) is 36.8 Å². The van der Waals surface area contributed by atoms with Crippen LogP contribution in [0.3, 0.4) is 0 Å². The quantitative estimate of drug-likeness (QED) is 0.654. The molecule has 25 heavy (non-hydrogen) atoms. The van der Waals surface area contributed by atoms with Gasteiger partial charge in [0.1, 0.15) is 5.75 Å². The van der Waals surface area contributed by atoms with Gasteiger partial charge in [-0.3, -0.25) is 0 Å². The van der Waals surface area contributed by atoms with Gasteiger partial charge in [0.05, 0.1) is 34.7 Å². The maximum atomic E-state index is 6.18. The van der Waals surface area contributed by atoms with Crippen molar-refractivity contribution in [1.82, 2.24) is 15.2 Å². The van der Waals surface area contributed by atoms with E-state index in [9.17, 15) is 0 Å². The maximum absolute atomic E-state index is 6.18. The fourth-order valence-corrected chi connectivity index (χ4v) is 2.54. The van der Waals surface area contributed by atoms with Crippen molar-refractivity contribution in [2.24, 2.45) is 0 Å². The number of hydrogen-bond donors (Lipinski definition) is 2. The van der Waals surface area contributed by atoms with E-state index in [1.54, 1.807) is 25.3 Å². The molecule has 3 aromatic rings. The Morgan fingerprint density at radius 2 is 1.88 bits per heavy atom. The van der Waals surface area contributed by atoms with Gasteiger partial charge in [-0.1, -0.05) is 35.3 Å². The molecule has 0 atom stereocenters. The zero-order valence-electron chi connectivity index (χ0n) is 13.5. The second-order valence-corrected chi connectivity index (χ2v) is 6.01. The Balaban J connectivity index is 1.85. The van der Waals surface area contributed by atoms with Gasteiger partial charge in [0.25, 0.3) is 0 Å². The van der Waals surface area contributed by atoms with E-state index in [0.717, 1.165) is 11.3 Å². The molecular weight excluding hydrogens is 361 g/mol. The van der Waals surface area contributed by atoms with Gasteiger partial charge in [0.2, 0.25) is 5.95 Å². The van der Waals surface area contributed by atoms with Gasteiger partial charge < -0.3 is 15.4 Å². The van der Waals surface area contributed by atoms with E-state index < -0.39 is 0 Å². The van der Waals surface area contributed by atoms with Crippen molar-refractivity contribution in [2.75, 3.05) is 17.7 Å². The van der Waals surface area contributed by atoms with Gasteiger partial charge in [-0.25, -0.2) is 0 Å². The normalized spacial score (nSPS) is 10.4. The van der Waals surface area contributed by atoms with Crippen LogP contribution in [0.4, 0.5) is 23.1 Å². The molecule has 0 aliphatic heterocycles. The third-order valence-corrected chi connectivity index (χ3v) is 4.19. The van der Waals surface area contributed by atoms with Crippen molar-refractivity contribution in [3.63, 3.8) is 0 Å². The molecule has 0 bridgehead atoms. The third kappa shape index (κ3) is 4.10. The molecule has 0 saturated heterocycles. The summed E-state index contributed by atoms with van der Waals surface area (Å²) in [6, 6.07) is 11.1. The molecule has 0 aliphatic carbocycles. The van der Waals surface area contributed by atoms with Gasteiger partial charge in [-0.2, -0.15) is 10.1 Å². The van der Waals surface area contributed by atoms with Crippen LogP contribution in [0.5, 0.6) is 5.75 Å². The van der Waals surface area contributed by atoms with Gasteiger partial charge in [0.15, 0.2) is 5.82 Å². The van der Waals surface area contributed by atoms with Gasteiger partial charge in [-0.15, -0.1) is 5.10 Å². The Bertz CT molecular complexity index is 904. The van der Waals surface area contributed by atoms with Crippen molar-refractivity contribution in [3.8, 4) is 5.75 Å². The van der Waals surface area contributed by atoms with Crippen LogP contribution in [0.15, 0.2) is 42.6 Å². The molecule has 0 fully saturated rings. The highest BCUT2D eigenvalue weighted by Crippen LogP contribution is 2.31. The number of aromatic nitrogens is 3. The summed E-state index contributed by atoms with van der Waals surface area (Å²) in [7, 11) is 1.61. The zero-order valence-corrected chi connectivity index (χ0v) is 15.1. The number of benzene rings is 2. The Hall–Kier alpha value is -2.57. The fraction of sp³-hybridized carbons (Fsp3) is 0.118. The van der Waals surface area contributed by atoms with Crippen LogP contribution in [0.1, 0.15) is 5.56 Å². The molecule has 1 aromatic heterocycles. The summed E-state index contributed by atoms with van der Waals surface area (Å²) in [5.41, 5.74) is 2.47. The van der Waals surface area contributed by atoms with Crippen LogP contribution in [0.25, 0.3) is 0 Å². The lowest BCUT2D eigenvalue weighted by Gasteiger charge is -2.12. The number of aryl methyl sites for hydroxylation is 1. The van der Waals surface area contributed by atoms with Crippen molar-refractivity contribution in [3.05, 3.63) is 58.2 Å². The van der Waals surface area contributed by atoms with E-state index in [-0.39, 0.29) is 0 Å². The first kappa shape index (κ1) is 17.3. The predicted octanol–water partition coefficient (Wildman–Crippen LogP) is 4.98. The molecular formula is C17H15Cl2N5O. The Kier molecular flexibility index (Phi) is 5.21. The van der Waals surface area contributed by atoms with Crippen molar-refractivity contribution >= 4 is 46.3 Å². The monoisotopic (exact) mass is 375 g/mol. The summed E-state index contributed by atoms with van der Waals surface area (Å²) in [5, 5.41) is 15.0. The highest BCUT2D eigenvalue weighted by molar-refractivity contribution is 6.43. The number of anilines is 4. The van der Waals surface area contributed by atoms with Crippen LogP contribution in [0, 0.1) is 6.92 Å². The standard InChI is InChI=1S/C17H15Cl2N5O/c1-10-6-7-14(25-2)13(8-10)22-17-23-15(9-20-24-17)21-12-5-3-4-11(18)16(12)19/h3-9H,1-2H3,(H2,21,22,23,24). The first-order valence-electron chi connectivity index (χ1n) is 7.39. The molecule has 1 heterocycles. The lowest BCUT2D eigenvalue weighted by Crippen LogP contribution is -2.03. The van der Waals surface area contributed by atoms with Crippen LogP contribution in [-0.2, 0) is 0 Å². The van der Waals surface area contributed by atoms with Crippen molar-refractivity contribution in [1.29, 1.82) is 0 Å². The first-order chi connectivity index (χ1) is 12.1. The third-order valence-electron chi connectivity index (χ3n) is 3.37. The summed E-state index contributed by atoms with van der Waals surface area (Å²) in [4.78, 5) is 4.39. The molecule has 6 nitrogen and oxygen atoms in total. The number of nitrogens with zero attached hydrogens (tertiary/aromatic N) is 3. The molecule has 2 N–H and O–H groups in total. The van der Waals surface area contributed by atoms with E-state index in [2.05, 4.69) is 25.8 Å². The molecule has 0 aliphatic rings. The number of hydrogen-bond acceptors (Lipinski definition) is 6. The first-order valence-corrected chi connectivity index (χ1v) is 8.15. The van der Waals surface area contributed by atoms with Crippen LogP contribution in [-0.4, -0.2) is 22.3 Å². The molecule has 0 radical (unpaired) electrons. The van der Waals surface area contributed by atoms with Gasteiger partial charge >= 0.3 is 0 Å². The van der Waals surface area contributed by atoms with E-state index in [0.29, 0.717) is 33.2 Å². The summed E-state index contributed by atoms with van der Waals surface area (Å²) in [5.74, 6) is 1.49. The average Bonchev–Trinajstić information content (AvgIpc) is 2.60. The minimum absolute atomic E-state index is 0.326. The van der Waals surface area contributed by atoms with Crippen LogP contribution < -0.4 is 15.4 Å². The number of halogens is 2. The fourth-order valence-electron chi connectivity index (χ4n) is 2.20. The molecule has 128 valence electrons. The average molecular weight is 376 g/mol. The number of nitrogens with one attached hydrogen (secondary N) is 2. The van der Waals surface area contributed by atoms with Crippen molar-refractivity contribution < 1.29 is 4.74 Å². The highest BCUT2D eigenvalue weighted by Gasteiger charge is 2.09. The summed E-state index contributed by atoms with van der Waals surface area (Å²) < 4.78 is 5.34. The zero-order chi connectivity index (χ0) is 17.8. The Morgan fingerprint density at radius 1 is 1.04 bits per heavy atom. The second-order valence-electron chi connectivity index (χ2n) is 5.22. The smallest absolute Gasteiger partial charge is 0.249 e. The Labute approximate surface area is 155 Å². The molecule has 3 rings (SSSR count). The maximum Gasteiger partial charge on any atom is 0.249 e. The SMILES string of the molecule is COc1ccc(C)cc1Nc1nncc(Nc2cccc(Cl)c2Cl)n1. The summed E-state index contributed by atoms with van der Waals surface area (Å²) >= 11 is 12.2. The van der Waals surface area contributed by atoms with Crippen LogP contribution >= 0.6 is 23.2 Å². The lowest BCUT2D eigenvalue weighted by atomic mass is 10.2.